The van der Waals surface area contributed by atoms with Crippen LogP contribution in [-0.4, -0.2) is 22.3 Å². The molecule has 1 heterocycles. The zero-order valence-corrected chi connectivity index (χ0v) is 9.86. The predicted molar refractivity (Wildman–Crippen MR) is 64.6 cm³/mol. The van der Waals surface area contributed by atoms with Crippen molar-refractivity contribution in [2.24, 2.45) is 5.73 Å². The number of benzene rings is 1. The van der Waals surface area contributed by atoms with Crippen molar-refractivity contribution in [3.63, 3.8) is 0 Å². The highest BCUT2D eigenvalue weighted by Crippen LogP contribution is 2.31. The van der Waals surface area contributed by atoms with Gasteiger partial charge in [-0.25, -0.2) is 4.90 Å². The van der Waals surface area contributed by atoms with Crippen LogP contribution in [0.1, 0.15) is 5.56 Å². The summed E-state index contributed by atoms with van der Waals surface area (Å²) in [7, 11) is 0. The van der Waals surface area contributed by atoms with Crippen LogP contribution < -0.4 is 10.6 Å². The minimum atomic E-state index is -1.11. The Hall–Kier alpha value is -1.82. The van der Waals surface area contributed by atoms with Crippen LogP contribution >= 0.6 is 11.8 Å². The van der Waals surface area contributed by atoms with Gasteiger partial charge in [0.25, 0.3) is 11.1 Å². The topological polar surface area (TPSA) is 80.5 Å². The van der Waals surface area contributed by atoms with Crippen LogP contribution in [0.25, 0.3) is 0 Å². The Kier molecular flexibility index (Phi) is 2.89. The summed E-state index contributed by atoms with van der Waals surface area (Å²) in [6.07, 6.45) is 0. The summed E-state index contributed by atoms with van der Waals surface area (Å²) in [5.74, 6) is -1.36. The van der Waals surface area contributed by atoms with E-state index in [1.165, 1.54) is 0 Å². The van der Waals surface area contributed by atoms with Gasteiger partial charge in [-0.1, -0.05) is 12.1 Å². The van der Waals surface area contributed by atoms with E-state index in [-0.39, 0.29) is 0 Å². The number of hydrogen-bond donors (Lipinski definition) is 1. The molecule has 5 nitrogen and oxygen atoms in total. The molecule has 88 valence electrons. The van der Waals surface area contributed by atoms with Crippen molar-refractivity contribution in [1.82, 2.24) is 0 Å². The van der Waals surface area contributed by atoms with Gasteiger partial charge >= 0.3 is 0 Å². The zero-order chi connectivity index (χ0) is 12.6. The first-order chi connectivity index (χ1) is 8.00. The second kappa shape index (κ2) is 4.21. The van der Waals surface area contributed by atoms with Crippen molar-refractivity contribution < 1.29 is 14.4 Å². The van der Waals surface area contributed by atoms with E-state index in [0.29, 0.717) is 17.4 Å². The molecule has 2 rings (SSSR count). The van der Waals surface area contributed by atoms with E-state index in [1.807, 2.05) is 13.0 Å². The second-order valence-electron chi connectivity index (χ2n) is 3.68. The van der Waals surface area contributed by atoms with Crippen LogP contribution in [0.15, 0.2) is 24.3 Å². The molecule has 17 heavy (non-hydrogen) atoms. The summed E-state index contributed by atoms with van der Waals surface area (Å²) in [4.78, 5) is 35.5. The first-order valence-corrected chi connectivity index (χ1v) is 5.79. The molecule has 1 aliphatic heterocycles. The van der Waals surface area contributed by atoms with E-state index in [0.717, 1.165) is 10.5 Å². The number of nitrogens with two attached hydrogens (primary N) is 1. The van der Waals surface area contributed by atoms with Gasteiger partial charge in [0.15, 0.2) is 5.25 Å². The van der Waals surface area contributed by atoms with E-state index >= 15 is 0 Å². The average Bonchev–Trinajstić information content (AvgIpc) is 2.54. The van der Waals surface area contributed by atoms with Crippen molar-refractivity contribution in [2.45, 2.75) is 12.2 Å². The number of imide groups is 1. The number of aryl methyl sites for hydroxylation is 1. The standard InChI is InChI=1S/C11H10N2O3S/c1-6-3-2-4-7(5-6)13-10(15)8(9(12)14)17-11(13)16/h2-5,8H,1H3,(H2,12,14). The van der Waals surface area contributed by atoms with Gasteiger partial charge in [0.1, 0.15) is 0 Å². The van der Waals surface area contributed by atoms with Gasteiger partial charge in [0.2, 0.25) is 5.91 Å². The minimum Gasteiger partial charge on any atom is -0.368 e. The second-order valence-corrected chi connectivity index (χ2v) is 4.74. The third-order valence-corrected chi connectivity index (χ3v) is 3.42. The number of thioether (sulfide) groups is 1. The van der Waals surface area contributed by atoms with Gasteiger partial charge in [-0.15, -0.1) is 0 Å². The average molecular weight is 250 g/mol. The first-order valence-electron chi connectivity index (χ1n) is 4.91. The number of anilines is 1. The third kappa shape index (κ3) is 2.03. The maximum Gasteiger partial charge on any atom is 0.294 e. The van der Waals surface area contributed by atoms with E-state index in [4.69, 9.17) is 5.73 Å². The number of amides is 3. The van der Waals surface area contributed by atoms with Gasteiger partial charge in [0.05, 0.1) is 5.69 Å². The predicted octanol–water partition coefficient (Wildman–Crippen LogP) is 1.05. The molecular weight excluding hydrogens is 240 g/mol. The number of primary amides is 1. The molecule has 1 aromatic carbocycles. The first kappa shape index (κ1) is 11.7. The summed E-state index contributed by atoms with van der Waals surface area (Å²) in [6, 6.07) is 6.95. The van der Waals surface area contributed by atoms with Crippen LogP contribution in [0.4, 0.5) is 10.5 Å². The molecule has 1 fully saturated rings. The minimum absolute atomic E-state index is 0.468. The van der Waals surface area contributed by atoms with Crippen LogP contribution in [0, 0.1) is 6.92 Å². The molecule has 6 heteroatoms. The van der Waals surface area contributed by atoms with E-state index in [1.54, 1.807) is 18.2 Å². The molecule has 0 radical (unpaired) electrons. The molecule has 1 unspecified atom stereocenters. The number of nitrogens with zero attached hydrogens (tertiary/aromatic N) is 1. The normalized spacial score (nSPS) is 19.8. The van der Waals surface area contributed by atoms with E-state index < -0.39 is 22.3 Å². The fourth-order valence-electron chi connectivity index (χ4n) is 1.59. The molecule has 0 aliphatic carbocycles. The molecule has 0 spiro atoms. The molecule has 1 saturated heterocycles. The van der Waals surface area contributed by atoms with Crippen molar-refractivity contribution in [3.8, 4) is 0 Å². The monoisotopic (exact) mass is 250 g/mol. The zero-order valence-electron chi connectivity index (χ0n) is 9.04. The molecule has 0 aromatic heterocycles. The lowest BCUT2D eigenvalue weighted by atomic mass is 10.2. The summed E-state index contributed by atoms with van der Waals surface area (Å²) < 4.78 is 0. The van der Waals surface area contributed by atoms with Gasteiger partial charge in [-0.2, -0.15) is 0 Å². The lowest BCUT2D eigenvalue weighted by Gasteiger charge is -2.13. The van der Waals surface area contributed by atoms with Crippen LogP contribution in [0.3, 0.4) is 0 Å². The Balaban J connectivity index is 2.37. The molecule has 0 bridgehead atoms. The summed E-state index contributed by atoms with van der Waals surface area (Å²) in [6.45, 7) is 1.85. The Labute approximate surface area is 102 Å². The molecule has 0 saturated carbocycles. The third-order valence-electron chi connectivity index (χ3n) is 2.36. The van der Waals surface area contributed by atoms with Crippen molar-refractivity contribution >= 4 is 34.5 Å². The van der Waals surface area contributed by atoms with Gasteiger partial charge in [-0.3, -0.25) is 14.4 Å². The van der Waals surface area contributed by atoms with E-state index in [9.17, 15) is 14.4 Å². The number of carbonyl (C=O) groups is 3. The molecular formula is C11H10N2O3S. The van der Waals surface area contributed by atoms with Crippen LogP contribution in [0.2, 0.25) is 0 Å². The lowest BCUT2D eigenvalue weighted by Crippen LogP contribution is -2.37. The maximum atomic E-state index is 11.9. The SMILES string of the molecule is Cc1cccc(N2C(=O)SC(C(N)=O)C2=O)c1. The Morgan fingerprint density at radius 2 is 2.12 bits per heavy atom. The lowest BCUT2D eigenvalue weighted by molar-refractivity contribution is -0.124. The smallest absolute Gasteiger partial charge is 0.294 e. The Morgan fingerprint density at radius 3 is 2.65 bits per heavy atom. The summed E-state index contributed by atoms with van der Waals surface area (Å²) in [5.41, 5.74) is 6.46. The fourth-order valence-corrected chi connectivity index (χ4v) is 2.42. The molecule has 3 amide bonds. The quantitative estimate of drug-likeness (QED) is 0.795. The van der Waals surface area contributed by atoms with E-state index in [2.05, 4.69) is 0 Å². The fraction of sp³-hybridized carbons (Fsp3) is 0.182. The van der Waals surface area contributed by atoms with Gasteiger partial charge in [0, 0.05) is 0 Å². The number of hydrogen-bond acceptors (Lipinski definition) is 4. The highest BCUT2D eigenvalue weighted by atomic mass is 32.2. The van der Waals surface area contributed by atoms with Gasteiger partial charge < -0.3 is 5.73 Å². The molecule has 2 N–H and O–H groups in total. The Bertz CT molecular complexity index is 515. The van der Waals surface area contributed by atoms with Crippen LogP contribution in [-0.2, 0) is 9.59 Å². The number of rotatable bonds is 2. The largest absolute Gasteiger partial charge is 0.368 e. The molecule has 1 aromatic rings. The molecule has 1 atom stereocenters. The van der Waals surface area contributed by atoms with Gasteiger partial charge in [-0.05, 0) is 36.4 Å². The maximum absolute atomic E-state index is 11.9. The number of carbonyl (C=O) groups excluding carboxylic acids is 3. The van der Waals surface area contributed by atoms with Crippen molar-refractivity contribution in [1.29, 1.82) is 0 Å². The molecule has 1 aliphatic rings. The summed E-state index contributed by atoms with van der Waals surface area (Å²) in [5, 5.41) is -1.58. The van der Waals surface area contributed by atoms with Crippen molar-refractivity contribution in [2.75, 3.05) is 4.90 Å². The van der Waals surface area contributed by atoms with Crippen LogP contribution in [0.5, 0.6) is 0 Å². The Morgan fingerprint density at radius 1 is 1.41 bits per heavy atom. The van der Waals surface area contributed by atoms with Crippen molar-refractivity contribution in [3.05, 3.63) is 29.8 Å². The summed E-state index contributed by atoms with van der Waals surface area (Å²) >= 11 is 0.653. The highest BCUT2D eigenvalue weighted by Gasteiger charge is 2.43. The highest BCUT2D eigenvalue weighted by molar-refractivity contribution is 8.16.